The monoisotopic (exact) mass is 528 g/mol. The van der Waals surface area contributed by atoms with Gasteiger partial charge in [0.05, 0.1) is 14.4 Å². The molecule has 36 heavy (non-hydrogen) atoms. The van der Waals surface area contributed by atoms with Gasteiger partial charge in [-0.05, 0) is 65.6 Å². The van der Waals surface area contributed by atoms with E-state index in [0.29, 0.717) is 6.42 Å². The first-order valence-corrected chi connectivity index (χ1v) is 11.7. The van der Waals surface area contributed by atoms with Gasteiger partial charge in [0.25, 0.3) is 0 Å². The number of esters is 2. The van der Waals surface area contributed by atoms with Crippen LogP contribution in [0.4, 0.5) is 0 Å². The fourth-order valence-electron chi connectivity index (χ4n) is 2.13. The number of hydrogen-bond acceptors (Lipinski definition) is 8. The van der Waals surface area contributed by atoms with Crippen LogP contribution < -0.4 is 68.9 Å². The zero-order valence-corrected chi connectivity index (χ0v) is 25.6. The summed E-state index contributed by atoms with van der Waals surface area (Å²) in [5.74, 6) is 23.4. The first-order chi connectivity index (χ1) is 16.3. The Balaban J connectivity index is -0.00000544. The van der Waals surface area contributed by atoms with Gasteiger partial charge < -0.3 is 28.3 Å². The average Bonchev–Trinajstić information content (AvgIpc) is 2.78. The molecule has 178 valence electrons. The molecule has 0 unspecified atom stereocenters. The van der Waals surface area contributed by atoms with E-state index in [1.165, 1.54) is 0 Å². The molecule has 0 amide bonds. The molecule has 0 radical (unpaired) electrons. The number of hydrogen-bond donors (Lipinski definition) is 0. The molecule has 0 aliphatic rings. The van der Waals surface area contributed by atoms with Gasteiger partial charge in [0.1, 0.15) is 6.61 Å². The third kappa shape index (κ3) is 28.6. The molecule has 0 aliphatic heterocycles. The Labute approximate surface area is 257 Å². The second-order valence-electron chi connectivity index (χ2n) is 6.37. The SMILES string of the molecule is C#CC#CC#CC#CC#CC#CC(=O)OC[C@H](COP(=O)([O-])[O-])OC(=O)CCCCCCCC.[Na+].[Na+]. The van der Waals surface area contributed by atoms with Gasteiger partial charge in [0, 0.05) is 12.3 Å². The van der Waals surface area contributed by atoms with E-state index >= 15 is 0 Å². The summed E-state index contributed by atoms with van der Waals surface area (Å²) in [7, 11) is -5.30. The Morgan fingerprint density at radius 2 is 1.36 bits per heavy atom. The quantitative estimate of drug-likeness (QED) is 0.0580. The zero-order chi connectivity index (χ0) is 25.5. The van der Waals surface area contributed by atoms with Crippen LogP contribution >= 0.6 is 7.82 Å². The molecule has 0 saturated carbocycles. The summed E-state index contributed by atoms with van der Waals surface area (Å²) >= 11 is 0. The number of terminal acetylenes is 1. The summed E-state index contributed by atoms with van der Waals surface area (Å²) in [4.78, 5) is 45.0. The van der Waals surface area contributed by atoms with Crippen LogP contribution in [0.1, 0.15) is 51.9 Å². The van der Waals surface area contributed by atoms with Crippen molar-refractivity contribution in [2.45, 2.75) is 58.0 Å². The summed E-state index contributed by atoms with van der Waals surface area (Å²) in [6, 6.07) is 0. The molecule has 8 nitrogen and oxygen atoms in total. The van der Waals surface area contributed by atoms with E-state index in [-0.39, 0.29) is 65.5 Å². The number of carbonyl (C=O) groups is 2. The number of unbranched alkanes of at least 4 members (excludes halogenated alkanes) is 5. The van der Waals surface area contributed by atoms with Crippen LogP contribution in [0.3, 0.4) is 0 Å². The summed E-state index contributed by atoms with van der Waals surface area (Å²) in [6.07, 6.45) is 9.45. The Morgan fingerprint density at radius 3 is 1.92 bits per heavy atom. The maximum absolute atomic E-state index is 12.0. The van der Waals surface area contributed by atoms with Crippen molar-refractivity contribution in [1.29, 1.82) is 0 Å². The molecular weight excluding hydrogens is 505 g/mol. The summed E-state index contributed by atoms with van der Waals surface area (Å²) < 4.78 is 24.7. The Morgan fingerprint density at radius 1 is 0.833 bits per heavy atom. The number of rotatable bonds is 13. The van der Waals surface area contributed by atoms with Crippen molar-refractivity contribution in [3.05, 3.63) is 0 Å². The van der Waals surface area contributed by atoms with E-state index in [2.05, 4.69) is 70.7 Å². The molecule has 0 bridgehead atoms. The molecule has 0 fully saturated rings. The van der Waals surface area contributed by atoms with E-state index in [1.54, 1.807) is 0 Å². The largest absolute Gasteiger partial charge is 1.00 e. The van der Waals surface area contributed by atoms with Crippen LogP contribution in [0, 0.1) is 71.5 Å². The number of phosphoric acid groups is 1. The van der Waals surface area contributed by atoms with Crippen molar-refractivity contribution < 1.29 is 97.1 Å². The van der Waals surface area contributed by atoms with Crippen LogP contribution in [0.5, 0.6) is 0 Å². The fraction of sp³-hybridized carbons (Fsp3) is 0.440. The summed E-state index contributed by atoms with van der Waals surface area (Å²) in [5.41, 5.74) is 0. The van der Waals surface area contributed by atoms with Gasteiger partial charge >= 0.3 is 71.1 Å². The molecule has 11 heteroatoms. The molecule has 0 heterocycles. The van der Waals surface area contributed by atoms with Gasteiger partial charge in [-0.2, -0.15) is 0 Å². The van der Waals surface area contributed by atoms with Gasteiger partial charge in [0.2, 0.25) is 0 Å². The van der Waals surface area contributed by atoms with Crippen molar-refractivity contribution in [1.82, 2.24) is 0 Å². The number of carbonyl (C=O) groups excluding carboxylic acids is 2. The standard InChI is InChI=1S/C25H25O8P.2Na/c1-3-5-7-9-11-12-13-14-16-17-19-24(26)31-21-23(22-32-34(28,29)30)33-25(27)20-18-15-10-8-6-4-2;;/h1,23H,4,6,8,10,15,18,20-22H2,2H3,(H2,28,29,30);;/q;2*+1/p-2/t23-;;/m1../s1. The molecule has 0 spiro atoms. The van der Waals surface area contributed by atoms with Crippen LogP contribution in [0.25, 0.3) is 0 Å². The third-order valence-electron chi connectivity index (χ3n) is 3.59. The minimum absolute atomic E-state index is 0. The molecule has 0 saturated heterocycles. The smallest absolute Gasteiger partial charge is 0.790 e. The van der Waals surface area contributed by atoms with Gasteiger partial charge in [-0.3, -0.25) is 4.79 Å². The Kier molecular flexibility index (Phi) is 28.6. The van der Waals surface area contributed by atoms with Crippen molar-refractivity contribution in [3.8, 4) is 71.5 Å². The first kappa shape index (κ1) is 38.9. The van der Waals surface area contributed by atoms with E-state index < -0.39 is 39.1 Å². The van der Waals surface area contributed by atoms with Crippen LogP contribution in [0.2, 0.25) is 0 Å². The topological polar surface area (TPSA) is 125 Å². The Bertz CT molecular complexity index is 1080. The first-order valence-electron chi connectivity index (χ1n) is 10.3. The molecular formula is C25H23Na2O8P. The predicted octanol–water partition coefficient (Wildman–Crippen LogP) is -5.30. The second kappa shape index (κ2) is 26.5. The van der Waals surface area contributed by atoms with Crippen molar-refractivity contribution in [2.24, 2.45) is 0 Å². The van der Waals surface area contributed by atoms with Crippen LogP contribution in [-0.4, -0.2) is 31.3 Å². The minimum atomic E-state index is -5.30. The maximum atomic E-state index is 12.0. The van der Waals surface area contributed by atoms with Gasteiger partial charge in [0.15, 0.2) is 6.10 Å². The molecule has 0 aliphatic carbocycles. The minimum Gasteiger partial charge on any atom is -0.790 e. The van der Waals surface area contributed by atoms with E-state index in [1.807, 2.05) is 5.92 Å². The fourth-order valence-corrected chi connectivity index (χ4v) is 2.48. The normalized spacial score (nSPS) is 9.28. The number of phosphoric ester groups is 1. The summed E-state index contributed by atoms with van der Waals surface area (Å²) in [5, 5.41) is 0. The van der Waals surface area contributed by atoms with E-state index in [9.17, 15) is 23.9 Å². The molecule has 0 aromatic heterocycles. The molecule has 0 rings (SSSR count). The second-order valence-corrected chi connectivity index (χ2v) is 7.52. The van der Waals surface area contributed by atoms with Crippen molar-refractivity contribution in [3.63, 3.8) is 0 Å². The van der Waals surface area contributed by atoms with Crippen molar-refractivity contribution >= 4 is 19.8 Å². The molecule has 0 N–H and O–H groups in total. The zero-order valence-electron chi connectivity index (χ0n) is 20.7. The van der Waals surface area contributed by atoms with E-state index in [4.69, 9.17) is 15.9 Å². The maximum Gasteiger partial charge on any atom is 1.00 e. The van der Waals surface area contributed by atoms with Crippen molar-refractivity contribution in [2.75, 3.05) is 13.2 Å². The van der Waals surface area contributed by atoms with E-state index in [0.717, 1.165) is 32.1 Å². The molecule has 1 atom stereocenters. The average molecular weight is 528 g/mol. The third-order valence-corrected chi connectivity index (χ3v) is 4.05. The van der Waals surface area contributed by atoms with Crippen LogP contribution in [0.15, 0.2) is 0 Å². The van der Waals surface area contributed by atoms with Gasteiger partial charge in [-0.15, -0.1) is 6.42 Å². The molecule has 0 aromatic carbocycles. The summed E-state index contributed by atoms with van der Waals surface area (Å²) in [6.45, 7) is 0.758. The number of ether oxygens (including phenoxy) is 2. The molecule has 0 aromatic rings. The van der Waals surface area contributed by atoms with Gasteiger partial charge in [-0.25, -0.2) is 4.79 Å². The van der Waals surface area contributed by atoms with Gasteiger partial charge in [-0.1, -0.05) is 39.0 Å². The van der Waals surface area contributed by atoms with Crippen LogP contribution in [-0.2, 0) is 28.2 Å². The Hall–Kier alpha value is -1.59. The predicted molar refractivity (Wildman–Crippen MR) is 120 cm³/mol.